The van der Waals surface area contributed by atoms with Crippen molar-refractivity contribution < 1.29 is 5.11 Å². The summed E-state index contributed by atoms with van der Waals surface area (Å²) < 4.78 is 0. The van der Waals surface area contributed by atoms with E-state index in [1.165, 1.54) is 19.3 Å². The van der Waals surface area contributed by atoms with Gasteiger partial charge in [-0.25, -0.2) is 0 Å². The van der Waals surface area contributed by atoms with Gasteiger partial charge in [-0.2, -0.15) is 0 Å². The lowest BCUT2D eigenvalue weighted by molar-refractivity contribution is 0.180. The van der Waals surface area contributed by atoms with E-state index in [1.54, 1.807) is 0 Å². The predicted octanol–water partition coefficient (Wildman–Crippen LogP) is 0.121. The summed E-state index contributed by atoms with van der Waals surface area (Å²) >= 11 is 0. The van der Waals surface area contributed by atoms with Crippen molar-refractivity contribution in [3.63, 3.8) is 0 Å². The van der Waals surface area contributed by atoms with Gasteiger partial charge in [-0.1, -0.05) is 0 Å². The van der Waals surface area contributed by atoms with Crippen LogP contribution in [0.5, 0.6) is 0 Å². The van der Waals surface area contributed by atoms with Crippen molar-refractivity contribution in [2.45, 2.75) is 25.3 Å². The first-order chi connectivity index (χ1) is 4.37. The Morgan fingerprint density at radius 1 is 1.67 bits per heavy atom. The van der Waals surface area contributed by atoms with Crippen molar-refractivity contribution in [1.82, 2.24) is 5.32 Å². The zero-order chi connectivity index (χ0) is 6.32. The average Bonchev–Trinajstić information content (AvgIpc) is 2.62. The van der Waals surface area contributed by atoms with E-state index in [-0.39, 0.29) is 0 Å². The minimum absolute atomic E-state index is 0.332. The topological polar surface area (TPSA) is 32.3 Å². The van der Waals surface area contributed by atoms with E-state index in [1.807, 2.05) is 0 Å². The Bertz CT molecular complexity index is 126. The number of hydrogen-bond acceptors (Lipinski definition) is 2. The summed E-state index contributed by atoms with van der Waals surface area (Å²) in [5, 5.41) is 12.3. The van der Waals surface area contributed by atoms with E-state index in [4.69, 9.17) is 5.11 Å². The van der Waals surface area contributed by atoms with Gasteiger partial charge in [-0.3, -0.25) is 0 Å². The normalized spacial score (nSPS) is 48.3. The molecule has 52 valence electrons. The van der Waals surface area contributed by atoms with Gasteiger partial charge in [0.1, 0.15) is 0 Å². The van der Waals surface area contributed by atoms with Crippen LogP contribution in [0.4, 0.5) is 0 Å². The molecule has 2 unspecified atom stereocenters. The second kappa shape index (κ2) is 1.70. The van der Waals surface area contributed by atoms with Crippen molar-refractivity contribution in [3.05, 3.63) is 0 Å². The van der Waals surface area contributed by atoms with E-state index < -0.39 is 0 Å². The summed E-state index contributed by atoms with van der Waals surface area (Å²) in [7, 11) is 0. The van der Waals surface area contributed by atoms with Gasteiger partial charge in [0.15, 0.2) is 0 Å². The molecule has 2 rings (SSSR count). The van der Waals surface area contributed by atoms with Gasteiger partial charge in [0.2, 0.25) is 0 Å². The number of hydrogen-bond donors (Lipinski definition) is 2. The molecule has 1 saturated carbocycles. The molecule has 2 aliphatic rings. The molecule has 2 atom stereocenters. The lowest BCUT2D eigenvalue weighted by Gasteiger charge is -2.19. The zero-order valence-electron chi connectivity index (χ0n) is 5.56. The minimum Gasteiger partial charge on any atom is -0.396 e. The molecule has 1 saturated heterocycles. The maximum Gasteiger partial charge on any atom is 0.0502 e. The minimum atomic E-state index is 0.332. The largest absolute Gasteiger partial charge is 0.396 e. The van der Waals surface area contributed by atoms with Crippen LogP contribution in [-0.2, 0) is 0 Å². The van der Waals surface area contributed by atoms with Crippen molar-refractivity contribution in [2.75, 3.05) is 13.2 Å². The second-order valence-corrected chi connectivity index (χ2v) is 3.33. The van der Waals surface area contributed by atoms with E-state index in [0.717, 1.165) is 6.54 Å². The molecule has 0 spiro atoms. The Kier molecular flexibility index (Phi) is 1.08. The van der Waals surface area contributed by atoms with E-state index in [0.29, 0.717) is 18.1 Å². The van der Waals surface area contributed by atoms with Crippen molar-refractivity contribution in [3.8, 4) is 0 Å². The van der Waals surface area contributed by atoms with Crippen LogP contribution in [-0.4, -0.2) is 24.3 Å². The maximum absolute atomic E-state index is 8.95. The smallest absolute Gasteiger partial charge is 0.0502 e. The van der Waals surface area contributed by atoms with Crippen LogP contribution in [0.25, 0.3) is 0 Å². The van der Waals surface area contributed by atoms with E-state index in [2.05, 4.69) is 5.32 Å². The number of rotatable bonds is 1. The Morgan fingerprint density at radius 2 is 2.56 bits per heavy atom. The molecule has 2 heteroatoms. The van der Waals surface area contributed by atoms with Crippen molar-refractivity contribution >= 4 is 0 Å². The van der Waals surface area contributed by atoms with Crippen LogP contribution in [0, 0.1) is 5.41 Å². The number of aliphatic hydroxyl groups is 1. The first-order valence-electron chi connectivity index (χ1n) is 3.72. The summed E-state index contributed by atoms with van der Waals surface area (Å²) in [6.07, 6.45) is 3.70. The third kappa shape index (κ3) is 0.700. The van der Waals surface area contributed by atoms with E-state index in [9.17, 15) is 0 Å². The molecule has 0 aromatic carbocycles. The lowest BCUT2D eigenvalue weighted by atomic mass is 9.98. The predicted molar refractivity (Wildman–Crippen MR) is 35.2 cm³/mol. The molecule has 0 bridgehead atoms. The summed E-state index contributed by atoms with van der Waals surface area (Å²) in [4.78, 5) is 0. The van der Waals surface area contributed by atoms with Gasteiger partial charge < -0.3 is 10.4 Å². The van der Waals surface area contributed by atoms with Crippen LogP contribution >= 0.6 is 0 Å². The fraction of sp³-hybridized carbons (Fsp3) is 1.00. The number of aliphatic hydroxyl groups excluding tert-OH is 1. The quantitative estimate of drug-likeness (QED) is 0.524. The fourth-order valence-corrected chi connectivity index (χ4v) is 1.88. The Hall–Kier alpha value is -0.0800. The number of nitrogens with one attached hydrogen (secondary N) is 1. The van der Waals surface area contributed by atoms with Gasteiger partial charge in [0.05, 0.1) is 6.61 Å². The molecular formula is C7H13NO. The summed E-state index contributed by atoms with van der Waals surface area (Å²) in [5.41, 5.74) is 0.332. The highest BCUT2D eigenvalue weighted by atomic mass is 16.3. The van der Waals surface area contributed by atoms with Crippen LogP contribution in [0.2, 0.25) is 0 Å². The number of piperidine rings is 1. The third-order valence-corrected chi connectivity index (χ3v) is 2.75. The van der Waals surface area contributed by atoms with Crippen LogP contribution in [0.15, 0.2) is 0 Å². The molecule has 1 aliphatic heterocycles. The molecule has 2 nitrogen and oxygen atoms in total. The Balaban J connectivity index is 2.01. The SMILES string of the molecule is OCC12CCCNC1C2. The maximum atomic E-state index is 8.95. The molecule has 0 radical (unpaired) electrons. The van der Waals surface area contributed by atoms with Gasteiger partial charge in [-0.15, -0.1) is 0 Å². The van der Waals surface area contributed by atoms with Gasteiger partial charge >= 0.3 is 0 Å². The molecule has 1 aliphatic carbocycles. The summed E-state index contributed by atoms with van der Waals surface area (Å²) in [6, 6.07) is 0.663. The van der Waals surface area contributed by atoms with Crippen molar-refractivity contribution in [1.29, 1.82) is 0 Å². The first kappa shape index (κ1) is 5.69. The fourth-order valence-electron chi connectivity index (χ4n) is 1.88. The van der Waals surface area contributed by atoms with Crippen molar-refractivity contribution in [2.24, 2.45) is 5.41 Å². The number of fused-ring (bicyclic) bond motifs is 1. The summed E-state index contributed by atoms with van der Waals surface area (Å²) in [6.45, 7) is 1.55. The molecule has 2 N–H and O–H groups in total. The average molecular weight is 127 g/mol. The van der Waals surface area contributed by atoms with Gasteiger partial charge in [-0.05, 0) is 25.8 Å². The lowest BCUT2D eigenvalue weighted by Crippen LogP contribution is -2.31. The highest BCUT2D eigenvalue weighted by Gasteiger charge is 2.54. The first-order valence-corrected chi connectivity index (χ1v) is 3.72. The molecule has 0 amide bonds. The van der Waals surface area contributed by atoms with Gasteiger partial charge in [0.25, 0.3) is 0 Å². The molecule has 9 heavy (non-hydrogen) atoms. The molecule has 2 fully saturated rings. The van der Waals surface area contributed by atoms with Crippen LogP contribution < -0.4 is 5.32 Å². The monoisotopic (exact) mass is 127 g/mol. The Morgan fingerprint density at radius 3 is 3.11 bits per heavy atom. The Labute approximate surface area is 55.3 Å². The summed E-state index contributed by atoms with van der Waals surface area (Å²) in [5.74, 6) is 0. The third-order valence-electron chi connectivity index (χ3n) is 2.75. The molecular weight excluding hydrogens is 114 g/mol. The highest BCUT2D eigenvalue weighted by Crippen LogP contribution is 2.51. The second-order valence-electron chi connectivity index (χ2n) is 3.33. The molecule has 0 aromatic heterocycles. The van der Waals surface area contributed by atoms with Crippen LogP contribution in [0.1, 0.15) is 19.3 Å². The zero-order valence-corrected chi connectivity index (χ0v) is 5.56. The van der Waals surface area contributed by atoms with Crippen LogP contribution in [0.3, 0.4) is 0 Å². The highest BCUT2D eigenvalue weighted by molar-refractivity contribution is 5.09. The standard InChI is InChI=1S/C7H13NO/c9-5-7-2-1-3-8-6(7)4-7/h6,8-9H,1-5H2. The van der Waals surface area contributed by atoms with E-state index >= 15 is 0 Å². The van der Waals surface area contributed by atoms with Gasteiger partial charge in [0, 0.05) is 11.5 Å². The molecule has 1 heterocycles. The molecule has 0 aromatic rings.